The highest BCUT2D eigenvalue weighted by molar-refractivity contribution is 8.02. The van der Waals surface area contributed by atoms with Crippen LogP contribution in [0.1, 0.15) is 6.92 Å². The lowest BCUT2D eigenvalue weighted by molar-refractivity contribution is 0.550. The van der Waals surface area contributed by atoms with Gasteiger partial charge in [-0.1, -0.05) is 17.8 Å². The maximum atomic E-state index is 10.3. The van der Waals surface area contributed by atoms with Crippen LogP contribution in [-0.4, -0.2) is 23.6 Å². The van der Waals surface area contributed by atoms with Crippen LogP contribution in [0.25, 0.3) is 0 Å². The highest BCUT2D eigenvalue weighted by atomic mass is 32.2. The van der Waals surface area contributed by atoms with Crippen LogP contribution in [0.4, 0.5) is 0 Å². The third-order valence-electron chi connectivity index (χ3n) is 1.53. The fourth-order valence-electron chi connectivity index (χ4n) is 0.904. The lowest BCUT2D eigenvalue weighted by atomic mass is 10.3. The average Bonchev–Trinajstić information content (AvgIpc) is 2.68. The second-order valence-corrected chi connectivity index (χ2v) is 5.55. The Kier molecular flexibility index (Phi) is 4.46. The molecule has 1 unspecified atom stereocenters. The molecule has 0 fully saturated rings. The summed E-state index contributed by atoms with van der Waals surface area (Å²) in [6, 6.07) is 3.82. The van der Waals surface area contributed by atoms with E-state index in [-0.39, 0.29) is 6.54 Å². The van der Waals surface area contributed by atoms with Gasteiger partial charge in [0, 0.05) is 0 Å². The third-order valence-corrected chi connectivity index (χ3v) is 3.73. The number of isocyanates is 2. The number of nitrogens with zero attached hydrogens (tertiary/aromatic N) is 2. The van der Waals surface area contributed by atoms with Crippen LogP contribution in [0.15, 0.2) is 31.7 Å². The van der Waals surface area contributed by atoms with Gasteiger partial charge in [-0.2, -0.15) is 4.99 Å². The highest BCUT2D eigenvalue weighted by Crippen LogP contribution is 2.36. The van der Waals surface area contributed by atoms with Gasteiger partial charge in [-0.15, -0.1) is 11.3 Å². The zero-order valence-corrected chi connectivity index (χ0v) is 9.60. The van der Waals surface area contributed by atoms with Crippen molar-refractivity contribution >= 4 is 35.3 Å². The van der Waals surface area contributed by atoms with E-state index in [1.165, 1.54) is 23.9 Å². The number of hydrogen-bond donors (Lipinski definition) is 0. The highest BCUT2D eigenvalue weighted by Gasteiger charge is 2.25. The first-order chi connectivity index (χ1) is 7.20. The molecule has 0 spiro atoms. The smallest absolute Gasteiger partial charge is 0.211 e. The summed E-state index contributed by atoms with van der Waals surface area (Å²) in [6.07, 6.45) is 2.94. The van der Waals surface area contributed by atoms with Gasteiger partial charge in [0.1, 0.15) is 4.87 Å². The van der Waals surface area contributed by atoms with E-state index in [4.69, 9.17) is 0 Å². The largest absolute Gasteiger partial charge is 0.236 e. The first-order valence-electron chi connectivity index (χ1n) is 4.05. The normalized spacial score (nSPS) is 13.4. The van der Waals surface area contributed by atoms with Crippen molar-refractivity contribution in [3.8, 4) is 0 Å². The summed E-state index contributed by atoms with van der Waals surface area (Å²) < 4.78 is 1.01. The Morgan fingerprint density at radius 1 is 1.53 bits per heavy atom. The molecule has 1 heterocycles. The summed E-state index contributed by atoms with van der Waals surface area (Å²) in [5.74, 6) is 0. The summed E-state index contributed by atoms with van der Waals surface area (Å²) in [5, 5.41) is 1.93. The Hall–Kier alpha value is -1.19. The van der Waals surface area contributed by atoms with Gasteiger partial charge in [0.15, 0.2) is 0 Å². The Morgan fingerprint density at radius 3 is 2.87 bits per heavy atom. The number of thiophene rings is 1. The molecule has 0 amide bonds. The molecule has 0 saturated heterocycles. The molecule has 0 radical (unpaired) electrons. The lowest BCUT2D eigenvalue weighted by Gasteiger charge is -2.18. The Morgan fingerprint density at radius 2 is 2.33 bits per heavy atom. The maximum absolute atomic E-state index is 10.3. The molecule has 1 aromatic rings. The first-order valence-corrected chi connectivity index (χ1v) is 5.75. The number of hydrogen-bond acceptors (Lipinski definition) is 6. The van der Waals surface area contributed by atoms with Crippen LogP contribution >= 0.6 is 23.1 Å². The molecule has 0 aliphatic carbocycles. The number of carbonyl (C=O) groups excluding carboxylic acids is 2. The molecule has 6 heteroatoms. The van der Waals surface area contributed by atoms with E-state index in [1.807, 2.05) is 17.5 Å². The Labute approximate surface area is 95.1 Å². The van der Waals surface area contributed by atoms with E-state index >= 15 is 0 Å². The van der Waals surface area contributed by atoms with Gasteiger partial charge in [0.05, 0.1) is 10.8 Å². The van der Waals surface area contributed by atoms with E-state index in [0.717, 1.165) is 4.21 Å². The van der Waals surface area contributed by atoms with Gasteiger partial charge in [-0.05, 0) is 18.4 Å². The molecule has 0 saturated carbocycles. The molecule has 78 valence electrons. The predicted molar refractivity (Wildman–Crippen MR) is 59.7 cm³/mol. The molecule has 0 N–H and O–H groups in total. The van der Waals surface area contributed by atoms with E-state index in [0.29, 0.717) is 0 Å². The minimum Gasteiger partial charge on any atom is -0.211 e. The standard InChI is InChI=1S/C9H8N2O2S2/c1-9(11-7-13,5-10-6-12)15-8-3-2-4-14-8/h2-4H,5H2,1H3. The van der Waals surface area contributed by atoms with E-state index < -0.39 is 4.87 Å². The van der Waals surface area contributed by atoms with Crippen molar-refractivity contribution in [3.63, 3.8) is 0 Å². The van der Waals surface area contributed by atoms with Gasteiger partial charge >= 0.3 is 0 Å². The van der Waals surface area contributed by atoms with Crippen LogP contribution in [0, 0.1) is 0 Å². The molecule has 1 atom stereocenters. The summed E-state index contributed by atoms with van der Waals surface area (Å²) in [5.41, 5.74) is 0. The first kappa shape index (κ1) is 11.9. The zero-order chi connectivity index (χ0) is 11.1. The number of aliphatic imine (C=N–C) groups is 2. The molecule has 4 nitrogen and oxygen atoms in total. The van der Waals surface area contributed by atoms with E-state index in [2.05, 4.69) is 9.98 Å². The molecular formula is C9H8N2O2S2. The van der Waals surface area contributed by atoms with Crippen molar-refractivity contribution in [1.82, 2.24) is 0 Å². The van der Waals surface area contributed by atoms with Crippen LogP contribution < -0.4 is 0 Å². The Bertz CT molecular complexity index is 406. The van der Waals surface area contributed by atoms with E-state index in [1.54, 1.807) is 18.3 Å². The van der Waals surface area contributed by atoms with Crippen molar-refractivity contribution in [1.29, 1.82) is 0 Å². The molecular weight excluding hydrogens is 232 g/mol. The molecule has 0 aliphatic rings. The molecule has 0 aromatic carbocycles. The summed E-state index contributed by atoms with van der Waals surface area (Å²) in [7, 11) is 0. The second-order valence-electron chi connectivity index (χ2n) is 2.82. The monoisotopic (exact) mass is 240 g/mol. The van der Waals surface area contributed by atoms with Gasteiger partial charge < -0.3 is 0 Å². The fourth-order valence-corrected chi connectivity index (χ4v) is 3.04. The van der Waals surface area contributed by atoms with Gasteiger partial charge in [0.25, 0.3) is 0 Å². The maximum Gasteiger partial charge on any atom is 0.236 e. The van der Waals surface area contributed by atoms with Crippen LogP contribution in [0.2, 0.25) is 0 Å². The summed E-state index contributed by atoms with van der Waals surface area (Å²) >= 11 is 2.92. The average molecular weight is 240 g/mol. The van der Waals surface area contributed by atoms with Crippen LogP contribution in [0.5, 0.6) is 0 Å². The van der Waals surface area contributed by atoms with E-state index in [9.17, 15) is 9.59 Å². The van der Waals surface area contributed by atoms with Crippen LogP contribution in [-0.2, 0) is 9.59 Å². The minimum atomic E-state index is -0.774. The van der Waals surface area contributed by atoms with Crippen molar-refractivity contribution < 1.29 is 9.59 Å². The molecule has 15 heavy (non-hydrogen) atoms. The fraction of sp³-hybridized carbons (Fsp3) is 0.333. The topological polar surface area (TPSA) is 58.9 Å². The molecule has 1 rings (SSSR count). The summed E-state index contributed by atoms with van der Waals surface area (Å²) in [4.78, 5) is 26.6. The molecule has 0 aliphatic heterocycles. The van der Waals surface area contributed by atoms with Crippen molar-refractivity contribution in [2.24, 2.45) is 9.98 Å². The zero-order valence-electron chi connectivity index (χ0n) is 7.97. The van der Waals surface area contributed by atoms with Crippen molar-refractivity contribution in [3.05, 3.63) is 17.5 Å². The van der Waals surface area contributed by atoms with Gasteiger partial charge in [-0.25, -0.2) is 14.6 Å². The number of rotatable bonds is 5. The molecule has 1 aromatic heterocycles. The molecule has 0 bridgehead atoms. The summed E-state index contributed by atoms with van der Waals surface area (Å²) in [6.45, 7) is 1.84. The van der Waals surface area contributed by atoms with Crippen molar-refractivity contribution in [2.45, 2.75) is 16.0 Å². The predicted octanol–water partition coefficient (Wildman–Crippen LogP) is 2.23. The van der Waals surface area contributed by atoms with Gasteiger partial charge in [-0.3, -0.25) is 0 Å². The SMILES string of the molecule is CC(CN=C=O)(N=C=O)Sc1cccs1. The van der Waals surface area contributed by atoms with Crippen molar-refractivity contribution in [2.75, 3.05) is 6.54 Å². The van der Waals surface area contributed by atoms with Crippen LogP contribution in [0.3, 0.4) is 0 Å². The second kappa shape index (κ2) is 5.63. The Balaban J connectivity index is 2.81. The lowest BCUT2D eigenvalue weighted by Crippen LogP contribution is -2.20. The number of thioether (sulfide) groups is 1. The third kappa shape index (κ3) is 3.81. The minimum absolute atomic E-state index is 0.119. The quantitative estimate of drug-likeness (QED) is 0.450. The van der Waals surface area contributed by atoms with Gasteiger partial charge in [0.2, 0.25) is 12.2 Å².